The minimum atomic E-state index is -1.03. The number of aromatic amines is 1. The normalized spacial score (nSPS) is 9.90. The van der Waals surface area contributed by atoms with Gasteiger partial charge in [-0.05, 0) is 17.7 Å². The molecule has 1 heterocycles. The smallest absolute Gasteiger partial charge is 0.328 e. The van der Waals surface area contributed by atoms with E-state index in [1.807, 2.05) is 4.98 Å². The topological polar surface area (TPSA) is 75.1 Å². The predicted molar refractivity (Wildman–Crippen MR) is 70.8 cm³/mol. The van der Waals surface area contributed by atoms with Gasteiger partial charge in [-0.3, -0.25) is 14.3 Å². The van der Waals surface area contributed by atoms with Crippen molar-refractivity contribution in [1.29, 1.82) is 0 Å². The van der Waals surface area contributed by atoms with Crippen molar-refractivity contribution in [1.82, 2.24) is 9.55 Å². The summed E-state index contributed by atoms with van der Waals surface area (Å²) in [6.07, 6.45) is 0.876. The van der Waals surface area contributed by atoms with Gasteiger partial charge in [0.15, 0.2) is 0 Å². The van der Waals surface area contributed by atoms with Gasteiger partial charge < -0.3 is 5.11 Å². The Kier molecular flexibility index (Phi) is 4.13. The summed E-state index contributed by atoms with van der Waals surface area (Å²) in [7, 11) is 0. The van der Waals surface area contributed by atoms with Gasteiger partial charge in [-0.1, -0.05) is 24.0 Å². The van der Waals surface area contributed by atoms with Crippen molar-refractivity contribution in [2.75, 3.05) is 6.61 Å². The number of aliphatic hydroxyl groups is 1. The average Bonchev–Trinajstić information content (AvgIpc) is 2.44. The lowest BCUT2D eigenvalue weighted by Crippen LogP contribution is -2.31. The Hall–Kier alpha value is -2.65. The summed E-state index contributed by atoms with van der Waals surface area (Å²) in [5.41, 5.74) is -0.211. The number of hydrogen-bond acceptors (Lipinski definition) is 3. The van der Waals surface area contributed by atoms with E-state index in [0.29, 0.717) is 0 Å². The molecule has 0 bridgehead atoms. The molecule has 0 fully saturated rings. The first kappa shape index (κ1) is 13.8. The molecule has 1 aromatic heterocycles. The summed E-state index contributed by atoms with van der Waals surface area (Å²) in [4.78, 5) is 24.3. The molecule has 102 valence electrons. The number of nitrogens with one attached hydrogen (secondary N) is 1. The van der Waals surface area contributed by atoms with E-state index in [1.54, 1.807) is 24.3 Å². The Labute approximate surface area is 113 Å². The second-order valence-corrected chi connectivity index (χ2v) is 4.02. The van der Waals surface area contributed by atoms with E-state index in [1.165, 1.54) is 0 Å². The highest BCUT2D eigenvalue weighted by Gasteiger charge is 2.04. The van der Waals surface area contributed by atoms with E-state index in [9.17, 15) is 14.0 Å². The number of rotatable bonds is 2. The molecule has 0 aliphatic heterocycles. The summed E-state index contributed by atoms with van der Waals surface area (Å²) in [5, 5.41) is 8.58. The van der Waals surface area contributed by atoms with Crippen LogP contribution >= 0.6 is 0 Å². The van der Waals surface area contributed by atoms with Crippen LogP contribution < -0.4 is 11.2 Å². The summed E-state index contributed by atoms with van der Waals surface area (Å²) >= 11 is 0. The van der Waals surface area contributed by atoms with Crippen LogP contribution in [0.2, 0.25) is 0 Å². The van der Waals surface area contributed by atoms with E-state index in [4.69, 9.17) is 5.11 Å². The van der Waals surface area contributed by atoms with Gasteiger partial charge in [-0.2, -0.15) is 4.39 Å². The number of hydrogen-bond donors (Lipinski definition) is 2. The van der Waals surface area contributed by atoms with Gasteiger partial charge in [0, 0.05) is 5.56 Å². The summed E-state index contributed by atoms with van der Waals surface area (Å²) in [6.45, 7) is -0.0754. The van der Waals surface area contributed by atoms with Gasteiger partial charge in [0.1, 0.15) is 6.61 Å². The summed E-state index contributed by atoms with van der Waals surface area (Å²) in [6, 6.07) is 6.92. The van der Waals surface area contributed by atoms with Crippen molar-refractivity contribution in [3.05, 3.63) is 68.2 Å². The highest BCUT2D eigenvalue weighted by atomic mass is 19.1. The fraction of sp³-hybridized carbons (Fsp3) is 0.143. The van der Waals surface area contributed by atoms with E-state index >= 15 is 0 Å². The molecule has 0 aliphatic carbocycles. The molecule has 6 heteroatoms. The molecule has 0 unspecified atom stereocenters. The Morgan fingerprint density at radius 2 is 1.95 bits per heavy atom. The van der Waals surface area contributed by atoms with Crippen LogP contribution in [0.15, 0.2) is 40.1 Å². The first-order valence-corrected chi connectivity index (χ1v) is 5.78. The van der Waals surface area contributed by atoms with Crippen molar-refractivity contribution in [3.63, 3.8) is 0 Å². The van der Waals surface area contributed by atoms with E-state index in [0.717, 1.165) is 21.9 Å². The Morgan fingerprint density at radius 3 is 2.60 bits per heavy atom. The van der Waals surface area contributed by atoms with E-state index < -0.39 is 17.1 Å². The summed E-state index contributed by atoms with van der Waals surface area (Å²) in [5.74, 6) is 4.25. The van der Waals surface area contributed by atoms with Crippen molar-refractivity contribution in [2.24, 2.45) is 0 Å². The van der Waals surface area contributed by atoms with Crippen LogP contribution in [0.3, 0.4) is 0 Å². The van der Waals surface area contributed by atoms with E-state index in [2.05, 4.69) is 11.8 Å². The summed E-state index contributed by atoms with van der Waals surface area (Å²) < 4.78 is 14.2. The van der Waals surface area contributed by atoms with Crippen molar-refractivity contribution < 1.29 is 9.50 Å². The highest BCUT2D eigenvalue weighted by molar-refractivity contribution is 5.36. The average molecular weight is 274 g/mol. The van der Waals surface area contributed by atoms with Crippen molar-refractivity contribution in [2.45, 2.75) is 6.54 Å². The molecular weight excluding hydrogens is 263 g/mol. The number of benzene rings is 1. The van der Waals surface area contributed by atoms with Crippen molar-refractivity contribution in [3.8, 4) is 11.8 Å². The number of nitrogens with zero attached hydrogens (tertiary/aromatic N) is 1. The maximum atomic E-state index is 13.1. The number of H-pyrrole nitrogens is 1. The highest BCUT2D eigenvalue weighted by Crippen LogP contribution is 2.04. The minimum absolute atomic E-state index is 0.139. The second kappa shape index (κ2) is 5.99. The quantitative estimate of drug-likeness (QED) is 0.761. The molecule has 0 saturated heterocycles. The van der Waals surface area contributed by atoms with Gasteiger partial charge >= 0.3 is 5.69 Å². The molecular formula is C14H11FN2O3. The predicted octanol–water partition coefficient (Wildman–Crippen LogP) is 0.0678. The third-order valence-electron chi connectivity index (χ3n) is 2.59. The molecule has 2 aromatic rings. The minimum Gasteiger partial charge on any atom is -0.384 e. The maximum Gasteiger partial charge on any atom is 0.328 e. The van der Waals surface area contributed by atoms with Crippen molar-refractivity contribution >= 4 is 0 Å². The monoisotopic (exact) mass is 274 g/mol. The number of halogens is 1. The molecule has 0 spiro atoms. The third kappa shape index (κ3) is 3.22. The molecule has 0 amide bonds. The molecule has 0 atom stereocenters. The van der Waals surface area contributed by atoms with Crippen LogP contribution in [0.1, 0.15) is 11.1 Å². The fourth-order valence-electron chi connectivity index (χ4n) is 1.63. The molecule has 0 radical (unpaired) electrons. The van der Waals surface area contributed by atoms with Gasteiger partial charge in [0.2, 0.25) is 5.82 Å². The lowest BCUT2D eigenvalue weighted by Gasteiger charge is -2.05. The third-order valence-corrected chi connectivity index (χ3v) is 2.59. The van der Waals surface area contributed by atoms with Crippen LogP contribution in [0.5, 0.6) is 0 Å². The first-order chi connectivity index (χ1) is 9.60. The fourth-order valence-corrected chi connectivity index (χ4v) is 1.63. The van der Waals surface area contributed by atoms with Gasteiger partial charge in [-0.25, -0.2) is 4.79 Å². The van der Waals surface area contributed by atoms with Crippen LogP contribution in [0.25, 0.3) is 0 Å². The van der Waals surface area contributed by atoms with Crippen LogP contribution in [0.4, 0.5) is 4.39 Å². The Bertz CT molecular complexity index is 779. The van der Waals surface area contributed by atoms with Gasteiger partial charge in [0.25, 0.3) is 5.56 Å². The zero-order chi connectivity index (χ0) is 14.5. The standard InChI is InChI=1S/C14H11FN2O3/c15-12-9-17(14(20)16-13(12)19)8-11-5-3-10(4-6-11)2-1-7-18/h3-6,9,18H,7-8H2,(H,16,19,20). The molecule has 2 rings (SSSR count). The van der Waals surface area contributed by atoms with Gasteiger partial charge in [0.05, 0.1) is 12.7 Å². The molecule has 2 N–H and O–H groups in total. The SMILES string of the molecule is O=c1[nH]c(=O)n(Cc2ccc(C#CCO)cc2)cc1F. The van der Waals surface area contributed by atoms with Crippen LogP contribution in [0, 0.1) is 17.7 Å². The number of aromatic nitrogens is 2. The number of aliphatic hydroxyl groups excluding tert-OH is 1. The Morgan fingerprint density at radius 1 is 1.25 bits per heavy atom. The molecule has 20 heavy (non-hydrogen) atoms. The molecule has 0 saturated carbocycles. The van der Waals surface area contributed by atoms with Crippen LogP contribution in [-0.4, -0.2) is 21.3 Å². The molecule has 1 aromatic carbocycles. The van der Waals surface area contributed by atoms with E-state index in [-0.39, 0.29) is 13.2 Å². The zero-order valence-corrected chi connectivity index (χ0v) is 10.4. The second-order valence-electron chi connectivity index (χ2n) is 4.02. The molecule has 0 aliphatic rings. The first-order valence-electron chi connectivity index (χ1n) is 5.78. The maximum absolute atomic E-state index is 13.1. The zero-order valence-electron chi connectivity index (χ0n) is 10.4. The van der Waals surface area contributed by atoms with Gasteiger partial charge in [-0.15, -0.1) is 0 Å². The lowest BCUT2D eigenvalue weighted by atomic mass is 10.1. The largest absolute Gasteiger partial charge is 0.384 e. The molecule has 5 nitrogen and oxygen atoms in total. The lowest BCUT2D eigenvalue weighted by molar-refractivity contribution is 0.350. The Balaban J connectivity index is 2.24. The van der Waals surface area contributed by atoms with Crippen LogP contribution in [-0.2, 0) is 6.54 Å².